The van der Waals surface area contributed by atoms with Crippen molar-refractivity contribution in [2.75, 3.05) is 13.2 Å². The molecule has 1 aliphatic rings. The van der Waals surface area contributed by atoms with Crippen molar-refractivity contribution in [1.82, 2.24) is 4.90 Å². The van der Waals surface area contributed by atoms with Crippen LogP contribution < -0.4 is 0 Å². The molecule has 0 heterocycles. The van der Waals surface area contributed by atoms with Crippen molar-refractivity contribution in [2.45, 2.75) is 59.4 Å². The highest BCUT2D eigenvalue weighted by molar-refractivity contribution is 5.84. The monoisotopic (exact) mass is 269 g/mol. The SMILES string of the molecule is CCOC(=O)CN(C(=O)C1CCC(C)CC1)C(C)C. The van der Waals surface area contributed by atoms with Crippen LogP contribution in [0, 0.1) is 11.8 Å². The smallest absolute Gasteiger partial charge is 0.325 e. The predicted molar refractivity (Wildman–Crippen MR) is 74.6 cm³/mol. The van der Waals surface area contributed by atoms with Crippen molar-refractivity contribution in [3.05, 3.63) is 0 Å². The van der Waals surface area contributed by atoms with E-state index in [9.17, 15) is 9.59 Å². The van der Waals surface area contributed by atoms with Crippen LogP contribution in [-0.2, 0) is 14.3 Å². The molecule has 0 unspecified atom stereocenters. The summed E-state index contributed by atoms with van der Waals surface area (Å²) in [5.74, 6) is 0.623. The zero-order valence-corrected chi connectivity index (χ0v) is 12.6. The Kier molecular flexibility index (Phi) is 6.32. The number of rotatable bonds is 5. The fourth-order valence-electron chi connectivity index (χ4n) is 2.60. The van der Waals surface area contributed by atoms with Crippen LogP contribution >= 0.6 is 0 Å². The molecule has 1 saturated carbocycles. The lowest BCUT2D eigenvalue weighted by Crippen LogP contribution is -2.45. The van der Waals surface area contributed by atoms with Crippen LogP contribution in [0.15, 0.2) is 0 Å². The van der Waals surface area contributed by atoms with E-state index in [-0.39, 0.29) is 30.4 Å². The molecule has 0 bridgehead atoms. The number of ether oxygens (including phenoxy) is 1. The molecule has 0 spiro atoms. The third kappa shape index (κ3) is 4.84. The van der Waals surface area contributed by atoms with Crippen LogP contribution in [0.25, 0.3) is 0 Å². The van der Waals surface area contributed by atoms with Crippen LogP contribution in [0.2, 0.25) is 0 Å². The van der Waals surface area contributed by atoms with E-state index in [1.165, 1.54) is 0 Å². The van der Waals surface area contributed by atoms with E-state index in [0.717, 1.165) is 31.6 Å². The molecule has 0 saturated heterocycles. The van der Waals surface area contributed by atoms with Crippen LogP contribution in [0.4, 0.5) is 0 Å². The first-order valence-corrected chi connectivity index (χ1v) is 7.41. The molecule has 0 aromatic carbocycles. The van der Waals surface area contributed by atoms with E-state index in [1.807, 2.05) is 13.8 Å². The number of carbonyl (C=O) groups excluding carboxylic acids is 2. The van der Waals surface area contributed by atoms with Crippen molar-refractivity contribution in [2.24, 2.45) is 11.8 Å². The molecular weight excluding hydrogens is 242 g/mol. The summed E-state index contributed by atoms with van der Waals surface area (Å²) in [7, 11) is 0. The maximum Gasteiger partial charge on any atom is 0.325 e. The Hall–Kier alpha value is -1.06. The molecule has 0 aromatic heterocycles. The Balaban J connectivity index is 2.60. The van der Waals surface area contributed by atoms with Gasteiger partial charge in [0.05, 0.1) is 6.61 Å². The van der Waals surface area contributed by atoms with Crippen LogP contribution in [0.3, 0.4) is 0 Å². The summed E-state index contributed by atoms with van der Waals surface area (Å²) in [6.07, 6.45) is 4.13. The van der Waals surface area contributed by atoms with Gasteiger partial charge in [-0.2, -0.15) is 0 Å². The molecular formula is C15H27NO3. The lowest BCUT2D eigenvalue weighted by Gasteiger charge is -2.32. The fraction of sp³-hybridized carbons (Fsp3) is 0.867. The summed E-state index contributed by atoms with van der Waals surface area (Å²) >= 11 is 0. The topological polar surface area (TPSA) is 46.6 Å². The number of carbonyl (C=O) groups is 2. The predicted octanol–water partition coefficient (Wildman–Crippen LogP) is 2.61. The van der Waals surface area contributed by atoms with Gasteiger partial charge in [0.1, 0.15) is 6.54 Å². The van der Waals surface area contributed by atoms with E-state index < -0.39 is 0 Å². The average Bonchev–Trinajstić information content (AvgIpc) is 2.36. The summed E-state index contributed by atoms with van der Waals surface area (Å²) in [6.45, 7) is 8.35. The van der Waals surface area contributed by atoms with Gasteiger partial charge in [-0.1, -0.05) is 6.92 Å². The molecule has 0 N–H and O–H groups in total. The number of amides is 1. The third-order valence-corrected chi connectivity index (χ3v) is 3.88. The first kappa shape index (κ1) is 16.0. The fourth-order valence-corrected chi connectivity index (χ4v) is 2.60. The van der Waals surface area contributed by atoms with E-state index in [0.29, 0.717) is 6.61 Å². The summed E-state index contributed by atoms with van der Waals surface area (Å²) in [4.78, 5) is 25.8. The molecule has 0 radical (unpaired) electrons. The normalized spacial score (nSPS) is 23.2. The molecule has 1 aliphatic carbocycles. The van der Waals surface area contributed by atoms with Gasteiger partial charge in [0, 0.05) is 12.0 Å². The van der Waals surface area contributed by atoms with Gasteiger partial charge in [-0.3, -0.25) is 9.59 Å². The lowest BCUT2D eigenvalue weighted by atomic mass is 9.82. The van der Waals surface area contributed by atoms with E-state index >= 15 is 0 Å². The molecule has 4 heteroatoms. The minimum absolute atomic E-state index is 0.0382. The highest BCUT2D eigenvalue weighted by Crippen LogP contribution is 2.29. The molecule has 1 fully saturated rings. The van der Waals surface area contributed by atoms with Crippen molar-refractivity contribution in [1.29, 1.82) is 0 Å². The van der Waals surface area contributed by atoms with Crippen LogP contribution in [0.1, 0.15) is 53.4 Å². The van der Waals surface area contributed by atoms with Crippen molar-refractivity contribution in [3.8, 4) is 0 Å². The second kappa shape index (κ2) is 7.51. The van der Waals surface area contributed by atoms with Gasteiger partial charge in [-0.25, -0.2) is 0 Å². The molecule has 0 atom stereocenters. The van der Waals surface area contributed by atoms with E-state index in [4.69, 9.17) is 4.74 Å². The number of nitrogens with zero attached hydrogens (tertiary/aromatic N) is 1. The Bertz CT molecular complexity index is 307. The second-order valence-electron chi connectivity index (χ2n) is 5.82. The molecule has 110 valence electrons. The Morgan fingerprint density at radius 1 is 1.21 bits per heavy atom. The summed E-state index contributed by atoms with van der Waals surface area (Å²) in [5, 5.41) is 0. The molecule has 1 amide bonds. The zero-order chi connectivity index (χ0) is 14.4. The molecule has 0 aromatic rings. The first-order chi connectivity index (χ1) is 8.95. The summed E-state index contributed by atoms with van der Waals surface area (Å²) in [6, 6.07) is 0.0382. The molecule has 4 nitrogen and oxygen atoms in total. The Labute approximate surface area is 116 Å². The van der Waals surface area contributed by atoms with Gasteiger partial charge in [0.15, 0.2) is 0 Å². The first-order valence-electron chi connectivity index (χ1n) is 7.41. The van der Waals surface area contributed by atoms with Gasteiger partial charge < -0.3 is 9.64 Å². The van der Waals surface area contributed by atoms with Gasteiger partial charge in [-0.15, -0.1) is 0 Å². The molecule has 0 aliphatic heterocycles. The van der Waals surface area contributed by atoms with Crippen molar-refractivity contribution < 1.29 is 14.3 Å². The quantitative estimate of drug-likeness (QED) is 0.721. The highest BCUT2D eigenvalue weighted by atomic mass is 16.5. The van der Waals surface area contributed by atoms with E-state index in [2.05, 4.69) is 6.92 Å². The van der Waals surface area contributed by atoms with Gasteiger partial charge in [0.2, 0.25) is 5.91 Å². The number of hydrogen-bond donors (Lipinski definition) is 0. The van der Waals surface area contributed by atoms with Crippen molar-refractivity contribution >= 4 is 11.9 Å². The lowest BCUT2D eigenvalue weighted by molar-refractivity contribution is -0.152. The maximum absolute atomic E-state index is 12.5. The van der Waals surface area contributed by atoms with Gasteiger partial charge in [-0.05, 0) is 52.4 Å². The number of esters is 1. The zero-order valence-electron chi connectivity index (χ0n) is 12.6. The van der Waals surface area contributed by atoms with Crippen molar-refractivity contribution in [3.63, 3.8) is 0 Å². The van der Waals surface area contributed by atoms with Gasteiger partial charge >= 0.3 is 5.97 Å². The average molecular weight is 269 g/mol. The van der Waals surface area contributed by atoms with E-state index in [1.54, 1.807) is 11.8 Å². The standard InChI is InChI=1S/C15H27NO3/c1-5-19-14(17)10-16(11(2)3)15(18)13-8-6-12(4)7-9-13/h11-13H,5-10H2,1-4H3. The highest BCUT2D eigenvalue weighted by Gasteiger charge is 2.30. The molecule has 1 rings (SSSR count). The summed E-state index contributed by atoms with van der Waals surface area (Å²) < 4.78 is 4.94. The van der Waals surface area contributed by atoms with Crippen LogP contribution in [-0.4, -0.2) is 36.0 Å². The minimum Gasteiger partial charge on any atom is -0.465 e. The summed E-state index contributed by atoms with van der Waals surface area (Å²) in [5.41, 5.74) is 0. The third-order valence-electron chi connectivity index (χ3n) is 3.88. The molecule has 19 heavy (non-hydrogen) atoms. The van der Waals surface area contributed by atoms with Crippen LogP contribution in [0.5, 0.6) is 0 Å². The Morgan fingerprint density at radius 2 is 1.79 bits per heavy atom. The largest absolute Gasteiger partial charge is 0.465 e. The van der Waals surface area contributed by atoms with Gasteiger partial charge in [0.25, 0.3) is 0 Å². The minimum atomic E-state index is -0.311. The Morgan fingerprint density at radius 3 is 2.26 bits per heavy atom. The second-order valence-corrected chi connectivity index (χ2v) is 5.82. The number of hydrogen-bond acceptors (Lipinski definition) is 3. The maximum atomic E-state index is 12.5.